The van der Waals surface area contributed by atoms with Crippen LogP contribution in [0.15, 0.2) is 29.2 Å². The fraction of sp³-hybridized carbons (Fsp3) is 0.143. The zero-order chi connectivity index (χ0) is 8.48. The molecule has 1 rings (SSSR count). The van der Waals surface area contributed by atoms with Crippen molar-refractivity contribution in [1.29, 1.82) is 0 Å². The van der Waals surface area contributed by atoms with E-state index in [1.165, 1.54) is 12.1 Å². The molecule has 3 nitrogen and oxygen atoms in total. The Bertz CT molecular complexity index is 359. The predicted molar refractivity (Wildman–Crippen MR) is 46.7 cm³/mol. The van der Waals surface area contributed by atoms with Gasteiger partial charge in [0, 0.05) is 27.3 Å². The molecule has 0 amide bonds. The summed E-state index contributed by atoms with van der Waals surface area (Å²) in [5.41, 5.74) is 0.806. The number of rotatable bonds is 1. The van der Waals surface area contributed by atoms with Crippen LogP contribution < -0.4 is 0 Å². The van der Waals surface area contributed by atoms with E-state index in [9.17, 15) is 8.42 Å². The van der Waals surface area contributed by atoms with Crippen LogP contribution in [0.4, 0.5) is 0 Å². The second kappa shape index (κ2) is 4.33. The zero-order valence-electron chi connectivity index (χ0n) is 6.56. The normalized spacial score (nSPS) is 10.5. The van der Waals surface area contributed by atoms with Crippen LogP contribution in [-0.2, 0) is 10.1 Å². The Kier molecular flexibility index (Phi) is 4.35. The first-order chi connectivity index (χ1) is 5.00. The van der Waals surface area contributed by atoms with Crippen LogP contribution in [-0.4, -0.2) is 40.3 Å². The minimum absolute atomic E-state index is 0. The molecule has 0 fully saturated rings. The standard InChI is InChI=1S/C7H8O3S.Tl/c1-6-3-2-4-7(5-6)11(8,9)10;/h2-5H,1H3,(H,8,9,10);. The maximum Gasteiger partial charge on any atom is 0.294 e. The Labute approximate surface area is 91.7 Å². The van der Waals surface area contributed by atoms with Gasteiger partial charge in [-0.3, -0.25) is 4.55 Å². The molecule has 0 saturated carbocycles. The van der Waals surface area contributed by atoms with Gasteiger partial charge in [0.1, 0.15) is 0 Å². The Morgan fingerprint density at radius 3 is 2.25 bits per heavy atom. The molecular weight excluding hydrogens is 369 g/mol. The average molecular weight is 377 g/mol. The van der Waals surface area contributed by atoms with E-state index in [1.807, 2.05) is 0 Å². The summed E-state index contributed by atoms with van der Waals surface area (Å²) < 4.78 is 29.7. The van der Waals surface area contributed by atoms with Crippen LogP contribution in [0.25, 0.3) is 0 Å². The van der Waals surface area contributed by atoms with Crippen molar-refractivity contribution in [1.82, 2.24) is 0 Å². The summed E-state index contributed by atoms with van der Waals surface area (Å²) in [6, 6.07) is 6.10. The third-order valence-electron chi connectivity index (χ3n) is 1.29. The molecule has 0 atom stereocenters. The van der Waals surface area contributed by atoms with Gasteiger partial charge in [0.05, 0.1) is 4.90 Å². The smallest absolute Gasteiger partial charge is 0.282 e. The molecule has 0 aromatic heterocycles. The number of benzene rings is 1. The van der Waals surface area contributed by atoms with Gasteiger partial charge in [-0.15, -0.1) is 0 Å². The van der Waals surface area contributed by atoms with E-state index in [1.54, 1.807) is 19.1 Å². The Morgan fingerprint density at radius 1 is 1.33 bits per heavy atom. The van der Waals surface area contributed by atoms with Gasteiger partial charge < -0.3 is 0 Å². The van der Waals surface area contributed by atoms with Crippen molar-refractivity contribution in [3.8, 4) is 0 Å². The second-order valence-corrected chi connectivity index (χ2v) is 3.71. The molecule has 0 unspecified atom stereocenters. The van der Waals surface area contributed by atoms with Crippen molar-refractivity contribution in [2.45, 2.75) is 11.8 Å². The molecule has 1 aromatic rings. The SMILES string of the molecule is Cc1cccc(S(=O)(=O)O)c1.[Tl]. The van der Waals surface area contributed by atoms with Crippen LogP contribution in [0, 0.1) is 6.92 Å². The Morgan fingerprint density at radius 2 is 1.92 bits per heavy atom. The molecule has 0 heterocycles. The van der Waals surface area contributed by atoms with E-state index in [0.717, 1.165) is 5.56 Å². The average Bonchev–Trinajstić information content (AvgIpc) is 1.86. The largest absolute Gasteiger partial charge is 0.294 e. The van der Waals surface area contributed by atoms with Gasteiger partial charge in [-0.05, 0) is 24.6 Å². The fourth-order valence-electron chi connectivity index (χ4n) is 0.776. The minimum atomic E-state index is -4.03. The molecule has 63 valence electrons. The van der Waals surface area contributed by atoms with Crippen molar-refractivity contribution in [2.24, 2.45) is 0 Å². The minimum Gasteiger partial charge on any atom is -0.282 e. The number of aryl methyl sites for hydroxylation is 1. The molecule has 0 aliphatic carbocycles. The zero-order valence-corrected chi connectivity index (χ0v) is 11.9. The van der Waals surface area contributed by atoms with Gasteiger partial charge in [-0.25, -0.2) is 0 Å². The third-order valence-corrected chi connectivity index (χ3v) is 2.14. The molecule has 0 aliphatic heterocycles. The van der Waals surface area contributed by atoms with E-state index in [4.69, 9.17) is 4.55 Å². The molecule has 0 saturated heterocycles. The molecule has 1 aromatic carbocycles. The van der Waals surface area contributed by atoms with Crippen molar-refractivity contribution in [3.63, 3.8) is 0 Å². The quantitative estimate of drug-likeness (QED) is 0.584. The molecule has 0 spiro atoms. The molecule has 0 bridgehead atoms. The van der Waals surface area contributed by atoms with Gasteiger partial charge in [0.25, 0.3) is 10.1 Å². The van der Waals surface area contributed by atoms with Gasteiger partial charge in [-0.1, -0.05) is 12.1 Å². The Balaban J connectivity index is 0.00000121. The van der Waals surface area contributed by atoms with Gasteiger partial charge in [0.2, 0.25) is 0 Å². The van der Waals surface area contributed by atoms with Gasteiger partial charge in [0.15, 0.2) is 0 Å². The summed E-state index contributed by atoms with van der Waals surface area (Å²) in [5, 5.41) is 0. The first-order valence-corrected chi connectivity index (χ1v) is 4.48. The van der Waals surface area contributed by atoms with Crippen molar-refractivity contribution in [2.75, 3.05) is 0 Å². The summed E-state index contributed by atoms with van der Waals surface area (Å²) in [4.78, 5) is -0.0579. The van der Waals surface area contributed by atoms with E-state index >= 15 is 0 Å². The summed E-state index contributed by atoms with van der Waals surface area (Å²) in [5.74, 6) is 0. The van der Waals surface area contributed by atoms with Crippen LogP contribution in [0.1, 0.15) is 5.56 Å². The van der Waals surface area contributed by atoms with Crippen LogP contribution in [0.3, 0.4) is 0 Å². The van der Waals surface area contributed by atoms with Gasteiger partial charge in [-0.2, -0.15) is 8.42 Å². The van der Waals surface area contributed by atoms with Crippen molar-refractivity contribution < 1.29 is 13.0 Å². The Hall–Kier alpha value is 0.0521. The molecule has 5 heteroatoms. The fourth-order valence-corrected chi connectivity index (χ4v) is 1.36. The monoisotopic (exact) mass is 377 g/mol. The van der Waals surface area contributed by atoms with E-state index < -0.39 is 10.1 Å². The van der Waals surface area contributed by atoms with E-state index in [2.05, 4.69) is 0 Å². The summed E-state index contributed by atoms with van der Waals surface area (Å²) in [6.45, 7) is 1.76. The summed E-state index contributed by atoms with van der Waals surface area (Å²) in [6.07, 6.45) is 0. The third kappa shape index (κ3) is 3.20. The molecule has 12 heavy (non-hydrogen) atoms. The van der Waals surface area contributed by atoms with Gasteiger partial charge >= 0.3 is 0 Å². The maximum atomic E-state index is 10.5. The first-order valence-electron chi connectivity index (χ1n) is 3.04. The number of hydrogen-bond donors (Lipinski definition) is 1. The summed E-state index contributed by atoms with van der Waals surface area (Å²) >= 11 is 0. The van der Waals surface area contributed by atoms with Crippen molar-refractivity contribution >= 4 is 37.4 Å². The van der Waals surface area contributed by atoms with E-state index in [0.29, 0.717) is 0 Å². The van der Waals surface area contributed by atoms with E-state index in [-0.39, 0.29) is 32.2 Å². The van der Waals surface area contributed by atoms with Crippen LogP contribution in [0.2, 0.25) is 0 Å². The summed E-state index contributed by atoms with van der Waals surface area (Å²) in [7, 11) is -4.03. The van der Waals surface area contributed by atoms with Crippen LogP contribution in [0.5, 0.6) is 0 Å². The second-order valence-electron chi connectivity index (χ2n) is 2.29. The van der Waals surface area contributed by atoms with Crippen molar-refractivity contribution in [3.05, 3.63) is 29.8 Å². The number of hydrogen-bond acceptors (Lipinski definition) is 2. The first kappa shape index (κ1) is 12.1. The van der Waals surface area contributed by atoms with Crippen LogP contribution >= 0.6 is 0 Å². The maximum absolute atomic E-state index is 10.5. The molecule has 1 N–H and O–H groups in total. The molecule has 1 radical (unpaired) electrons. The molecular formula is C7H8O3STl. The predicted octanol–water partition coefficient (Wildman–Crippen LogP) is 0.861. The molecule has 0 aliphatic rings. The topological polar surface area (TPSA) is 54.4 Å².